The van der Waals surface area contributed by atoms with Gasteiger partial charge in [0.05, 0.1) is 12.7 Å². The molecule has 0 bridgehead atoms. The van der Waals surface area contributed by atoms with Crippen molar-refractivity contribution in [3.63, 3.8) is 0 Å². The van der Waals surface area contributed by atoms with Gasteiger partial charge in [-0.05, 0) is 40.1 Å². The van der Waals surface area contributed by atoms with Gasteiger partial charge in [0, 0.05) is 13.1 Å². The third kappa shape index (κ3) is 3.42. The topological polar surface area (TPSA) is 38.3 Å². The molecule has 94 valence electrons. The normalized spacial score (nSPS) is 10.3. The highest BCUT2D eigenvalue weighted by Crippen LogP contribution is 2.07. The summed E-state index contributed by atoms with van der Waals surface area (Å²) >= 11 is 1.70. The first-order chi connectivity index (χ1) is 8.79. The molecule has 0 aliphatic rings. The molecule has 0 aliphatic heterocycles. The summed E-state index contributed by atoms with van der Waals surface area (Å²) in [6, 6.07) is 9.55. The Hall–Kier alpha value is -1.65. The van der Waals surface area contributed by atoms with Gasteiger partial charge in [0.2, 0.25) is 0 Å². The Morgan fingerprint density at radius 1 is 1.17 bits per heavy atom. The minimum absolute atomic E-state index is 0.298. The van der Waals surface area contributed by atoms with Gasteiger partial charge in [-0.1, -0.05) is 12.1 Å². The molecule has 0 aliphatic carbocycles. The van der Waals surface area contributed by atoms with E-state index in [1.807, 2.05) is 12.1 Å². The average molecular weight is 261 g/mol. The van der Waals surface area contributed by atoms with E-state index in [9.17, 15) is 4.79 Å². The van der Waals surface area contributed by atoms with Gasteiger partial charge in [0.15, 0.2) is 0 Å². The molecule has 0 spiro atoms. The fraction of sp³-hybridized carbons (Fsp3) is 0.214. The molecular weight excluding hydrogens is 246 g/mol. The number of nitrogens with one attached hydrogen (secondary N) is 1. The van der Waals surface area contributed by atoms with Crippen molar-refractivity contribution < 1.29 is 9.53 Å². The summed E-state index contributed by atoms with van der Waals surface area (Å²) in [5, 5.41) is 7.56. The van der Waals surface area contributed by atoms with Crippen molar-refractivity contribution in [1.29, 1.82) is 0 Å². The molecule has 0 amide bonds. The monoisotopic (exact) mass is 261 g/mol. The van der Waals surface area contributed by atoms with E-state index in [1.165, 1.54) is 12.7 Å². The number of methoxy groups -OCH3 is 1. The first-order valence-electron chi connectivity index (χ1n) is 5.68. The van der Waals surface area contributed by atoms with Crippen molar-refractivity contribution in [2.24, 2.45) is 0 Å². The van der Waals surface area contributed by atoms with Crippen molar-refractivity contribution >= 4 is 17.3 Å². The molecule has 2 rings (SSSR count). The predicted molar refractivity (Wildman–Crippen MR) is 72.6 cm³/mol. The molecule has 1 aromatic heterocycles. The highest BCUT2D eigenvalue weighted by molar-refractivity contribution is 7.07. The smallest absolute Gasteiger partial charge is 0.337 e. The van der Waals surface area contributed by atoms with Crippen molar-refractivity contribution in [2.45, 2.75) is 13.1 Å². The van der Waals surface area contributed by atoms with Crippen LogP contribution in [0.5, 0.6) is 0 Å². The molecular formula is C14H15NO2S. The van der Waals surface area contributed by atoms with Crippen LogP contribution in [0.25, 0.3) is 0 Å². The lowest BCUT2D eigenvalue weighted by Crippen LogP contribution is -2.12. The Morgan fingerprint density at radius 2 is 1.89 bits per heavy atom. The molecule has 0 radical (unpaired) electrons. The van der Waals surface area contributed by atoms with E-state index < -0.39 is 0 Å². The van der Waals surface area contributed by atoms with Crippen LogP contribution in [0.3, 0.4) is 0 Å². The fourth-order valence-electron chi connectivity index (χ4n) is 1.62. The molecule has 0 saturated carbocycles. The zero-order valence-corrected chi connectivity index (χ0v) is 11.0. The van der Waals surface area contributed by atoms with Crippen LogP contribution < -0.4 is 5.32 Å². The quantitative estimate of drug-likeness (QED) is 0.841. The summed E-state index contributed by atoms with van der Waals surface area (Å²) in [5.74, 6) is -0.298. The second-order valence-electron chi connectivity index (χ2n) is 3.92. The van der Waals surface area contributed by atoms with Gasteiger partial charge < -0.3 is 10.1 Å². The number of rotatable bonds is 5. The van der Waals surface area contributed by atoms with Gasteiger partial charge in [-0.2, -0.15) is 11.3 Å². The number of ether oxygens (including phenoxy) is 1. The maximum Gasteiger partial charge on any atom is 0.337 e. The molecule has 18 heavy (non-hydrogen) atoms. The predicted octanol–water partition coefficient (Wildman–Crippen LogP) is 2.82. The van der Waals surface area contributed by atoms with E-state index in [-0.39, 0.29) is 5.97 Å². The molecule has 0 saturated heterocycles. The molecule has 2 aromatic rings. The minimum Gasteiger partial charge on any atom is -0.465 e. The zero-order chi connectivity index (χ0) is 12.8. The van der Waals surface area contributed by atoms with Crippen LogP contribution in [0.4, 0.5) is 0 Å². The summed E-state index contributed by atoms with van der Waals surface area (Å²) in [6.45, 7) is 1.65. The van der Waals surface area contributed by atoms with Crippen molar-refractivity contribution in [2.75, 3.05) is 7.11 Å². The lowest BCUT2D eigenvalue weighted by atomic mass is 10.1. The Balaban J connectivity index is 1.85. The third-order valence-electron chi connectivity index (χ3n) is 2.61. The Morgan fingerprint density at radius 3 is 2.50 bits per heavy atom. The highest BCUT2D eigenvalue weighted by Gasteiger charge is 2.03. The Bertz CT molecular complexity index is 491. The van der Waals surface area contributed by atoms with Gasteiger partial charge in [-0.15, -0.1) is 0 Å². The molecule has 3 nitrogen and oxygen atoms in total. The summed E-state index contributed by atoms with van der Waals surface area (Å²) in [5.41, 5.74) is 3.03. The van der Waals surface area contributed by atoms with Crippen LogP contribution in [-0.2, 0) is 17.8 Å². The SMILES string of the molecule is COC(=O)c1ccc(CNCc2ccsc2)cc1. The van der Waals surface area contributed by atoms with Crippen LogP contribution >= 0.6 is 11.3 Å². The minimum atomic E-state index is -0.298. The lowest BCUT2D eigenvalue weighted by Gasteiger charge is -2.04. The van der Waals surface area contributed by atoms with E-state index in [4.69, 9.17) is 0 Å². The van der Waals surface area contributed by atoms with Crippen LogP contribution in [0.2, 0.25) is 0 Å². The number of esters is 1. The van der Waals surface area contributed by atoms with E-state index >= 15 is 0 Å². The van der Waals surface area contributed by atoms with Crippen LogP contribution in [0.15, 0.2) is 41.1 Å². The lowest BCUT2D eigenvalue weighted by molar-refractivity contribution is 0.0600. The van der Waals surface area contributed by atoms with Crippen molar-refractivity contribution in [1.82, 2.24) is 5.32 Å². The van der Waals surface area contributed by atoms with E-state index in [0.717, 1.165) is 18.7 Å². The summed E-state index contributed by atoms with van der Waals surface area (Å²) in [4.78, 5) is 11.3. The molecule has 1 aromatic carbocycles. The van der Waals surface area contributed by atoms with Gasteiger partial charge in [0.1, 0.15) is 0 Å². The molecule has 4 heteroatoms. The highest BCUT2D eigenvalue weighted by atomic mass is 32.1. The maximum absolute atomic E-state index is 11.3. The number of carbonyl (C=O) groups excluding carboxylic acids is 1. The first kappa shape index (κ1) is 12.8. The molecule has 1 heterocycles. The summed E-state index contributed by atoms with van der Waals surface area (Å²) in [6.07, 6.45) is 0. The van der Waals surface area contributed by atoms with Crippen LogP contribution in [0.1, 0.15) is 21.5 Å². The maximum atomic E-state index is 11.3. The van der Waals surface area contributed by atoms with Gasteiger partial charge in [-0.25, -0.2) is 4.79 Å². The van der Waals surface area contributed by atoms with E-state index in [1.54, 1.807) is 23.5 Å². The molecule has 0 fully saturated rings. The fourth-order valence-corrected chi connectivity index (χ4v) is 2.29. The van der Waals surface area contributed by atoms with Gasteiger partial charge >= 0.3 is 5.97 Å². The van der Waals surface area contributed by atoms with Gasteiger partial charge in [-0.3, -0.25) is 0 Å². The second kappa shape index (κ2) is 6.33. The van der Waals surface area contributed by atoms with Gasteiger partial charge in [0.25, 0.3) is 0 Å². The standard InChI is InChI=1S/C14H15NO2S/c1-17-14(16)13-4-2-11(3-5-13)8-15-9-12-6-7-18-10-12/h2-7,10,15H,8-9H2,1H3. The first-order valence-corrected chi connectivity index (χ1v) is 6.63. The van der Waals surface area contributed by atoms with Crippen LogP contribution in [-0.4, -0.2) is 13.1 Å². The van der Waals surface area contributed by atoms with Crippen molar-refractivity contribution in [3.05, 3.63) is 57.8 Å². The average Bonchev–Trinajstić information content (AvgIpc) is 2.92. The molecule has 1 N–H and O–H groups in total. The Labute approximate surface area is 110 Å². The van der Waals surface area contributed by atoms with E-state index in [0.29, 0.717) is 5.56 Å². The summed E-state index contributed by atoms with van der Waals surface area (Å²) in [7, 11) is 1.39. The third-order valence-corrected chi connectivity index (χ3v) is 3.35. The van der Waals surface area contributed by atoms with Crippen LogP contribution in [0, 0.1) is 0 Å². The van der Waals surface area contributed by atoms with Crippen molar-refractivity contribution in [3.8, 4) is 0 Å². The number of carbonyl (C=O) groups is 1. The largest absolute Gasteiger partial charge is 0.465 e. The second-order valence-corrected chi connectivity index (χ2v) is 4.70. The zero-order valence-electron chi connectivity index (χ0n) is 10.2. The number of thiophene rings is 1. The summed E-state index contributed by atoms with van der Waals surface area (Å²) < 4.78 is 4.65. The number of hydrogen-bond acceptors (Lipinski definition) is 4. The molecule has 0 unspecified atom stereocenters. The number of hydrogen-bond donors (Lipinski definition) is 1. The Kier molecular flexibility index (Phi) is 4.50. The number of benzene rings is 1. The molecule has 0 atom stereocenters. The van der Waals surface area contributed by atoms with E-state index in [2.05, 4.69) is 26.9 Å².